The molecular formula is C16H23N5O2S. The van der Waals surface area contributed by atoms with E-state index < -0.39 is 5.60 Å². The molecule has 24 heavy (non-hydrogen) atoms. The second-order valence-electron chi connectivity index (χ2n) is 6.61. The van der Waals surface area contributed by atoms with E-state index in [9.17, 15) is 9.90 Å². The minimum atomic E-state index is -1.17. The van der Waals surface area contributed by atoms with Gasteiger partial charge >= 0.3 is 6.03 Å². The molecule has 1 saturated carbocycles. The van der Waals surface area contributed by atoms with E-state index >= 15 is 0 Å². The number of aryl methyl sites for hydroxylation is 1. The molecule has 3 rings (SSSR count). The highest BCUT2D eigenvalue weighted by molar-refractivity contribution is 7.09. The molecule has 0 saturated heterocycles. The fourth-order valence-electron chi connectivity index (χ4n) is 2.39. The summed E-state index contributed by atoms with van der Waals surface area (Å²) in [4.78, 5) is 16.7. The summed E-state index contributed by atoms with van der Waals surface area (Å²) in [6, 6.07) is -0.496. The molecule has 1 fully saturated rings. The van der Waals surface area contributed by atoms with Crippen LogP contribution in [0.5, 0.6) is 0 Å². The van der Waals surface area contributed by atoms with Gasteiger partial charge in [0, 0.05) is 30.1 Å². The van der Waals surface area contributed by atoms with E-state index in [1.54, 1.807) is 42.4 Å². The highest BCUT2D eigenvalue weighted by Crippen LogP contribution is 2.41. The lowest BCUT2D eigenvalue weighted by atomic mass is 10.00. The summed E-state index contributed by atoms with van der Waals surface area (Å²) in [5.41, 5.74) is 0.372. The Labute approximate surface area is 145 Å². The van der Waals surface area contributed by atoms with Crippen molar-refractivity contribution >= 4 is 17.4 Å². The first-order valence-corrected chi connectivity index (χ1v) is 8.94. The normalized spacial score (nSPS) is 18.0. The standard InChI is InChI=1S/C16H23N5O2S/c1-10(13-8-24-14(20-13)11-4-5-11)19-15(22)17-9-16(2,23)12-6-18-21(3)7-12/h6-8,10-11,23H,4-5,9H2,1-3H3,(H2,17,19,22)/t10-,16-/m0/s1. The first kappa shape index (κ1) is 16.9. The number of amides is 2. The maximum absolute atomic E-state index is 12.1. The van der Waals surface area contributed by atoms with Crippen LogP contribution in [0.3, 0.4) is 0 Å². The van der Waals surface area contributed by atoms with Crippen molar-refractivity contribution in [1.29, 1.82) is 0 Å². The summed E-state index contributed by atoms with van der Waals surface area (Å²) >= 11 is 1.66. The van der Waals surface area contributed by atoms with Crippen LogP contribution in [-0.2, 0) is 12.6 Å². The van der Waals surface area contributed by atoms with Gasteiger partial charge in [-0.15, -0.1) is 11.3 Å². The van der Waals surface area contributed by atoms with Gasteiger partial charge in [0.05, 0.1) is 29.5 Å². The van der Waals surface area contributed by atoms with Gasteiger partial charge in [0.15, 0.2) is 0 Å². The summed E-state index contributed by atoms with van der Waals surface area (Å²) in [5, 5.41) is 23.2. The molecule has 0 aromatic carbocycles. The van der Waals surface area contributed by atoms with Crippen molar-refractivity contribution in [2.75, 3.05) is 6.54 Å². The molecule has 2 aromatic rings. The fourth-order valence-corrected chi connectivity index (χ4v) is 3.48. The average molecular weight is 349 g/mol. The van der Waals surface area contributed by atoms with Gasteiger partial charge in [0.2, 0.25) is 0 Å². The highest BCUT2D eigenvalue weighted by atomic mass is 32.1. The molecule has 2 atom stereocenters. The van der Waals surface area contributed by atoms with Crippen LogP contribution in [0.1, 0.15) is 54.9 Å². The molecule has 2 aromatic heterocycles. The van der Waals surface area contributed by atoms with E-state index in [1.807, 2.05) is 12.3 Å². The van der Waals surface area contributed by atoms with Crippen molar-refractivity contribution in [3.8, 4) is 0 Å². The number of aliphatic hydroxyl groups is 1. The Hall–Kier alpha value is -1.93. The van der Waals surface area contributed by atoms with Crippen LogP contribution in [0, 0.1) is 0 Å². The van der Waals surface area contributed by atoms with Crippen LogP contribution >= 0.6 is 11.3 Å². The number of aromatic nitrogens is 3. The molecule has 0 aliphatic heterocycles. The Kier molecular flexibility index (Phi) is 4.60. The number of hydrogen-bond acceptors (Lipinski definition) is 5. The second kappa shape index (κ2) is 6.52. The molecule has 1 aliphatic carbocycles. The lowest BCUT2D eigenvalue weighted by Crippen LogP contribution is -2.44. The third-order valence-corrected chi connectivity index (χ3v) is 5.20. The second-order valence-corrected chi connectivity index (χ2v) is 7.50. The van der Waals surface area contributed by atoms with Crippen LogP contribution in [0.2, 0.25) is 0 Å². The van der Waals surface area contributed by atoms with Crippen molar-refractivity contribution < 1.29 is 9.90 Å². The van der Waals surface area contributed by atoms with Crippen molar-refractivity contribution in [1.82, 2.24) is 25.4 Å². The SMILES string of the molecule is C[C@H](NC(=O)NC[C@](C)(O)c1cnn(C)c1)c1csc(C2CC2)n1. The molecule has 0 bridgehead atoms. The number of rotatable bonds is 6. The molecule has 1 aliphatic rings. The number of hydrogen-bond donors (Lipinski definition) is 3. The zero-order chi connectivity index (χ0) is 17.3. The van der Waals surface area contributed by atoms with Gasteiger partial charge in [-0.3, -0.25) is 4.68 Å². The number of nitrogens with one attached hydrogen (secondary N) is 2. The van der Waals surface area contributed by atoms with Crippen molar-refractivity contribution in [3.05, 3.63) is 34.0 Å². The molecule has 2 amide bonds. The van der Waals surface area contributed by atoms with Crippen LogP contribution < -0.4 is 10.6 Å². The van der Waals surface area contributed by atoms with E-state index in [0.29, 0.717) is 11.5 Å². The summed E-state index contributed by atoms with van der Waals surface area (Å²) in [5.74, 6) is 0.624. The summed E-state index contributed by atoms with van der Waals surface area (Å²) in [7, 11) is 1.78. The topological polar surface area (TPSA) is 92.1 Å². The first-order valence-electron chi connectivity index (χ1n) is 8.06. The minimum absolute atomic E-state index is 0.0988. The summed E-state index contributed by atoms with van der Waals surface area (Å²) in [6.07, 6.45) is 5.77. The quantitative estimate of drug-likeness (QED) is 0.744. The van der Waals surface area contributed by atoms with Crippen LogP contribution in [-0.4, -0.2) is 32.4 Å². The smallest absolute Gasteiger partial charge is 0.315 e. The van der Waals surface area contributed by atoms with Gasteiger partial charge in [-0.25, -0.2) is 9.78 Å². The Balaban J connectivity index is 1.51. The average Bonchev–Trinajstić information content (AvgIpc) is 3.08. The van der Waals surface area contributed by atoms with Gasteiger partial charge < -0.3 is 15.7 Å². The van der Waals surface area contributed by atoms with Gasteiger partial charge in [-0.1, -0.05) is 0 Å². The number of carbonyl (C=O) groups is 1. The Morgan fingerprint density at radius 3 is 2.96 bits per heavy atom. The lowest BCUT2D eigenvalue weighted by Gasteiger charge is -2.23. The molecule has 2 heterocycles. The number of nitrogens with zero attached hydrogens (tertiary/aromatic N) is 3. The minimum Gasteiger partial charge on any atom is -0.383 e. The first-order chi connectivity index (χ1) is 11.3. The molecule has 0 unspecified atom stereocenters. The molecule has 3 N–H and O–H groups in total. The Morgan fingerprint density at radius 1 is 1.58 bits per heavy atom. The third kappa shape index (κ3) is 3.93. The molecule has 7 nitrogen and oxygen atoms in total. The molecule has 0 radical (unpaired) electrons. The molecular weight excluding hydrogens is 326 g/mol. The van der Waals surface area contributed by atoms with E-state index in [2.05, 4.69) is 20.7 Å². The maximum atomic E-state index is 12.1. The van der Waals surface area contributed by atoms with Gasteiger partial charge in [0.25, 0.3) is 0 Å². The summed E-state index contributed by atoms with van der Waals surface area (Å²) < 4.78 is 1.62. The predicted octanol–water partition coefficient (Wildman–Crippen LogP) is 2.02. The van der Waals surface area contributed by atoms with Crippen molar-refractivity contribution in [3.63, 3.8) is 0 Å². The predicted molar refractivity (Wildman–Crippen MR) is 91.8 cm³/mol. The maximum Gasteiger partial charge on any atom is 0.315 e. The molecule has 130 valence electrons. The van der Waals surface area contributed by atoms with Gasteiger partial charge in [0.1, 0.15) is 5.60 Å². The monoisotopic (exact) mass is 349 g/mol. The van der Waals surface area contributed by atoms with Crippen LogP contribution in [0.4, 0.5) is 4.79 Å². The van der Waals surface area contributed by atoms with E-state index in [-0.39, 0.29) is 18.6 Å². The van der Waals surface area contributed by atoms with Crippen LogP contribution in [0.15, 0.2) is 17.8 Å². The summed E-state index contributed by atoms with van der Waals surface area (Å²) in [6.45, 7) is 3.66. The zero-order valence-corrected chi connectivity index (χ0v) is 14.9. The zero-order valence-electron chi connectivity index (χ0n) is 14.1. The van der Waals surface area contributed by atoms with Crippen molar-refractivity contribution in [2.24, 2.45) is 7.05 Å². The van der Waals surface area contributed by atoms with Gasteiger partial charge in [-0.2, -0.15) is 5.10 Å². The van der Waals surface area contributed by atoms with Crippen LogP contribution in [0.25, 0.3) is 0 Å². The highest BCUT2D eigenvalue weighted by Gasteiger charge is 2.28. The fraction of sp³-hybridized carbons (Fsp3) is 0.562. The number of thiazole rings is 1. The largest absolute Gasteiger partial charge is 0.383 e. The molecule has 8 heteroatoms. The van der Waals surface area contributed by atoms with Crippen molar-refractivity contribution in [2.45, 2.75) is 44.2 Å². The van der Waals surface area contributed by atoms with E-state index in [0.717, 1.165) is 5.69 Å². The van der Waals surface area contributed by atoms with E-state index in [4.69, 9.17) is 0 Å². The Bertz CT molecular complexity index is 720. The lowest BCUT2D eigenvalue weighted by molar-refractivity contribution is 0.0592. The third-order valence-electron chi connectivity index (χ3n) is 4.18. The van der Waals surface area contributed by atoms with Gasteiger partial charge in [-0.05, 0) is 26.7 Å². The Morgan fingerprint density at radius 2 is 2.33 bits per heavy atom. The van der Waals surface area contributed by atoms with E-state index in [1.165, 1.54) is 17.8 Å². The number of urea groups is 1. The number of carbonyl (C=O) groups excluding carboxylic acids is 1. The molecule has 0 spiro atoms.